The van der Waals surface area contributed by atoms with E-state index in [4.69, 9.17) is 0 Å². The van der Waals surface area contributed by atoms with Gasteiger partial charge in [-0.25, -0.2) is 0 Å². The molecule has 0 N–H and O–H groups in total. The number of rotatable bonds is 10. The minimum Gasteiger partial charge on any atom is -0.311 e. The van der Waals surface area contributed by atoms with Crippen molar-refractivity contribution in [3.63, 3.8) is 0 Å². The van der Waals surface area contributed by atoms with E-state index in [9.17, 15) is 0 Å². The van der Waals surface area contributed by atoms with Crippen LogP contribution in [0.1, 0.15) is 52.4 Å². The molecule has 0 saturated heterocycles. The summed E-state index contributed by atoms with van der Waals surface area (Å²) < 4.78 is 0. The Hall–Kier alpha value is -1.46. The summed E-state index contributed by atoms with van der Waals surface area (Å²) >= 11 is 0. The number of nitrogens with zero attached hydrogens (tertiary/aromatic N) is 6. The average Bonchev–Trinajstić information content (AvgIpc) is 3.10. The zero-order chi connectivity index (χ0) is 14.9. The Morgan fingerprint density at radius 3 is 1.67 bits per heavy atom. The highest BCUT2D eigenvalue weighted by molar-refractivity contribution is 5.61. The number of hydrogen-bond donors (Lipinski definition) is 0. The van der Waals surface area contributed by atoms with Crippen LogP contribution in [0.4, 0.5) is 0 Å². The summed E-state index contributed by atoms with van der Waals surface area (Å²) in [5.74, 6) is 0. The van der Waals surface area contributed by atoms with E-state index in [1.54, 1.807) is 12.7 Å². The van der Waals surface area contributed by atoms with Crippen LogP contribution in [0.3, 0.4) is 0 Å². The molecule has 0 aliphatic carbocycles. The van der Waals surface area contributed by atoms with Crippen LogP contribution in [-0.4, -0.2) is 52.3 Å². The van der Waals surface area contributed by atoms with Gasteiger partial charge in [0.1, 0.15) is 12.7 Å². The van der Waals surface area contributed by atoms with Crippen LogP contribution in [-0.2, 0) is 0 Å². The Morgan fingerprint density at radius 1 is 0.762 bits per heavy atom. The van der Waals surface area contributed by atoms with E-state index in [0.29, 0.717) is 6.67 Å². The van der Waals surface area contributed by atoms with Gasteiger partial charge in [-0.1, -0.05) is 39.5 Å². The second-order valence-electron chi connectivity index (χ2n) is 5.40. The average molecular weight is 290 g/mol. The molecule has 4 radical (unpaired) electrons. The van der Waals surface area contributed by atoms with Gasteiger partial charge in [0, 0.05) is 13.1 Å². The molecule has 0 fully saturated rings. The van der Waals surface area contributed by atoms with Crippen molar-refractivity contribution in [2.45, 2.75) is 52.4 Å². The van der Waals surface area contributed by atoms with Crippen molar-refractivity contribution in [2.75, 3.05) is 19.8 Å². The van der Waals surface area contributed by atoms with Crippen LogP contribution in [0.15, 0.2) is 10.2 Å². The van der Waals surface area contributed by atoms with E-state index < -0.39 is 0 Å². The first kappa shape index (κ1) is 15.9. The molecule has 0 amide bonds. The highest BCUT2D eigenvalue weighted by atomic mass is 15.6. The van der Waals surface area contributed by atoms with Gasteiger partial charge in [-0.15, -0.1) is 0 Å². The van der Waals surface area contributed by atoms with Crippen molar-refractivity contribution in [3.8, 4) is 0 Å². The lowest BCUT2D eigenvalue weighted by atomic mass is 10.2. The molecule has 21 heavy (non-hydrogen) atoms. The normalized spacial score (nSPS) is 17.6. The van der Waals surface area contributed by atoms with Gasteiger partial charge in [-0.05, 0) is 12.8 Å². The summed E-state index contributed by atoms with van der Waals surface area (Å²) in [6.07, 6.45) is 10.9. The Kier molecular flexibility index (Phi) is 6.63. The van der Waals surface area contributed by atoms with Gasteiger partial charge in [-0.3, -0.25) is 10.0 Å². The van der Waals surface area contributed by atoms with E-state index in [1.165, 1.54) is 25.7 Å². The maximum Gasteiger partial charge on any atom is 0.228 e. The third-order valence-electron chi connectivity index (χ3n) is 3.40. The molecule has 2 aliphatic rings. The third kappa shape index (κ3) is 5.44. The molecular formula is C15H26N6. The summed E-state index contributed by atoms with van der Waals surface area (Å²) in [6, 6.07) is 0. The fourth-order valence-corrected chi connectivity index (χ4v) is 2.19. The molecule has 0 aromatic heterocycles. The predicted octanol–water partition coefficient (Wildman–Crippen LogP) is 2.44. The van der Waals surface area contributed by atoms with E-state index in [-0.39, 0.29) is 0 Å². The first-order chi connectivity index (χ1) is 10.3. The molecular weight excluding hydrogens is 264 g/mol. The summed E-state index contributed by atoms with van der Waals surface area (Å²) in [7, 11) is 0. The molecule has 0 atom stereocenters. The zero-order valence-corrected chi connectivity index (χ0v) is 13.2. The number of unbranched alkanes of at least 4 members (excludes halogenated alkanes) is 4. The van der Waals surface area contributed by atoms with Crippen LogP contribution in [0, 0.1) is 13.3 Å². The second-order valence-corrected chi connectivity index (χ2v) is 5.40. The maximum atomic E-state index is 4.32. The lowest BCUT2D eigenvalue weighted by Gasteiger charge is -2.22. The van der Waals surface area contributed by atoms with Crippen molar-refractivity contribution in [1.82, 2.24) is 19.8 Å². The third-order valence-corrected chi connectivity index (χ3v) is 3.40. The smallest absolute Gasteiger partial charge is 0.228 e. The van der Waals surface area contributed by atoms with Gasteiger partial charge in [0.25, 0.3) is 0 Å². The molecule has 6 heteroatoms. The summed E-state index contributed by atoms with van der Waals surface area (Å²) in [5, 5.41) is 12.4. The zero-order valence-electron chi connectivity index (χ0n) is 13.2. The van der Waals surface area contributed by atoms with Crippen molar-refractivity contribution < 1.29 is 0 Å². The van der Waals surface area contributed by atoms with E-state index in [1.807, 2.05) is 19.8 Å². The monoisotopic (exact) mass is 290 g/mol. The van der Waals surface area contributed by atoms with E-state index in [2.05, 4.69) is 37.4 Å². The van der Waals surface area contributed by atoms with E-state index >= 15 is 0 Å². The molecule has 2 aliphatic heterocycles. The fraction of sp³-hybridized carbons (Fsp3) is 0.733. The minimum absolute atomic E-state index is 0.654. The van der Waals surface area contributed by atoms with Crippen LogP contribution < -0.4 is 0 Å². The van der Waals surface area contributed by atoms with Gasteiger partial charge in [-0.2, -0.15) is 10.2 Å². The quantitative estimate of drug-likeness (QED) is 0.579. The first-order valence-electron chi connectivity index (χ1n) is 8.01. The first-order valence-corrected chi connectivity index (χ1v) is 8.01. The number of hydrazone groups is 2. The molecule has 0 aromatic carbocycles. The van der Waals surface area contributed by atoms with E-state index in [0.717, 1.165) is 25.9 Å². The SMILES string of the molecule is CCCCCN1[C]N(CN2[C]N(CCCCC)N=C2)C=N1. The van der Waals surface area contributed by atoms with Crippen molar-refractivity contribution in [1.29, 1.82) is 0 Å². The van der Waals surface area contributed by atoms with Gasteiger partial charge in [0.05, 0.1) is 6.67 Å². The van der Waals surface area contributed by atoms with Crippen molar-refractivity contribution in [2.24, 2.45) is 10.2 Å². The summed E-state index contributed by atoms with van der Waals surface area (Å²) in [6.45, 7) is 13.4. The van der Waals surface area contributed by atoms with Gasteiger partial charge >= 0.3 is 0 Å². The molecule has 0 aromatic rings. The fourth-order valence-electron chi connectivity index (χ4n) is 2.19. The van der Waals surface area contributed by atoms with Crippen molar-refractivity contribution >= 4 is 12.7 Å². The van der Waals surface area contributed by atoms with Gasteiger partial charge < -0.3 is 9.80 Å². The lowest BCUT2D eigenvalue weighted by Crippen LogP contribution is -2.33. The summed E-state index contributed by atoms with van der Waals surface area (Å²) in [5.41, 5.74) is 0. The number of hydrogen-bond acceptors (Lipinski definition) is 6. The molecule has 0 bridgehead atoms. The van der Waals surface area contributed by atoms with Crippen LogP contribution >= 0.6 is 0 Å². The van der Waals surface area contributed by atoms with Crippen LogP contribution in [0.5, 0.6) is 0 Å². The Balaban J connectivity index is 1.59. The molecule has 2 rings (SSSR count). The molecule has 0 spiro atoms. The minimum atomic E-state index is 0.654. The lowest BCUT2D eigenvalue weighted by molar-refractivity contribution is 0.238. The van der Waals surface area contributed by atoms with Crippen LogP contribution in [0.2, 0.25) is 0 Å². The molecule has 0 saturated carbocycles. The Morgan fingerprint density at radius 2 is 1.24 bits per heavy atom. The largest absolute Gasteiger partial charge is 0.311 e. The van der Waals surface area contributed by atoms with Crippen molar-refractivity contribution in [3.05, 3.63) is 13.3 Å². The molecule has 116 valence electrons. The van der Waals surface area contributed by atoms with Gasteiger partial charge in [0.2, 0.25) is 13.3 Å². The molecule has 0 unspecified atom stereocenters. The standard InChI is InChI=1S/C15H26N6/c1-3-5-7-9-20-14-18(11-16-20)13-19-12-17-21(15-19)10-8-6-4-2/h11-12H,3-10,13H2,1-2H3. The van der Waals surface area contributed by atoms with Crippen LogP contribution in [0.25, 0.3) is 0 Å². The van der Waals surface area contributed by atoms with Gasteiger partial charge in [0.15, 0.2) is 0 Å². The highest BCUT2D eigenvalue weighted by Crippen LogP contribution is 2.14. The second kappa shape index (κ2) is 8.74. The molecule has 2 heterocycles. The Bertz CT molecular complexity index is 311. The predicted molar refractivity (Wildman–Crippen MR) is 84.5 cm³/mol. The summed E-state index contributed by atoms with van der Waals surface area (Å²) in [4.78, 5) is 3.86. The highest BCUT2D eigenvalue weighted by Gasteiger charge is 2.21. The molecule has 6 nitrogen and oxygen atoms in total. The Labute approximate surface area is 129 Å². The topological polar surface area (TPSA) is 37.7 Å². The maximum absolute atomic E-state index is 4.32.